The fourth-order valence-corrected chi connectivity index (χ4v) is 2.46. The first-order valence-corrected chi connectivity index (χ1v) is 8.31. The maximum Gasteiger partial charge on any atom is 0.410 e. The van der Waals surface area contributed by atoms with Gasteiger partial charge in [-0.25, -0.2) is 13.6 Å². The van der Waals surface area contributed by atoms with Crippen LogP contribution < -0.4 is 4.74 Å². The van der Waals surface area contributed by atoms with Crippen molar-refractivity contribution in [3.8, 4) is 11.8 Å². The molecule has 26 heavy (non-hydrogen) atoms. The Bertz CT molecular complexity index is 698. The Hall–Kier alpha value is -2.40. The minimum atomic E-state index is -0.965. The van der Waals surface area contributed by atoms with Crippen molar-refractivity contribution in [2.45, 2.75) is 38.9 Å². The second kappa shape index (κ2) is 8.32. The van der Waals surface area contributed by atoms with Gasteiger partial charge in [-0.15, -0.1) is 0 Å². The molecule has 1 fully saturated rings. The quantitative estimate of drug-likeness (QED) is 0.816. The van der Waals surface area contributed by atoms with Crippen molar-refractivity contribution in [1.29, 1.82) is 5.26 Å². The van der Waals surface area contributed by atoms with Gasteiger partial charge >= 0.3 is 6.09 Å². The lowest BCUT2D eigenvalue weighted by atomic mass is 10.2. The van der Waals surface area contributed by atoms with Gasteiger partial charge in [0.25, 0.3) is 0 Å². The van der Waals surface area contributed by atoms with Crippen LogP contribution in [0.4, 0.5) is 13.6 Å². The van der Waals surface area contributed by atoms with E-state index in [2.05, 4.69) is 0 Å². The van der Waals surface area contributed by atoms with Crippen molar-refractivity contribution in [1.82, 2.24) is 4.90 Å². The van der Waals surface area contributed by atoms with Crippen LogP contribution in [-0.4, -0.2) is 49.0 Å². The number of carbonyl (C=O) groups excluding carboxylic acids is 1. The van der Waals surface area contributed by atoms with Crippen molar-refractivity contribution >= 4 is 6.09 Å². The van der Waals surface area contributed by atoms with E-state index in [-0.39, 0.29) is 24.0 Å². The van der Waals surface area contributed by atoms with Crippen molar-refractivity contribution in [2.75, 3.05) is 26.3 Å². The van der Waals surface area contributed by atoms with Gasteiger partial charge in [-0.3, -0.25) is 0 Å². The molecule has 0 radical (unpaired) electrons. The molecule has 6 nitrogen and oxygen atoms in total. The summed E-state index contributed by atoms with van der Waals surface area (Å²) in [4.78, 5) is 13.7. The number of morpholine rings is 1. The summed E-state index contributed by atoms with van der Waals surface area (Å²) in [6, 6.07) is 3.26. The Morgan fingerprint density at radius 2 is 2.15 bits per heavy atom. The standard InChI is InChI=1S/C18H22F2N2O4/c1-18(2,3)26-17(23)22-5-7-24-13(11-22)4-6-25-16-9-12(19)8-15(20)14(16)10-21/h8-9,13H,4-7,11H2,1-3H3/t13-/m0/s1. The summed E-state index contributed by atoms with van der Waals surface area (Å²) in [7, 11) is 0. The van der Waals surface area contributed by atoms with Gasteiger partial charge in [0.1, 0.15) is 34.6 Å². The highest BCUT2D eigenvalue weighted by atomic mass is 19.1. The maximum absolute atomic E-state index is 13.5. The highest BCUT2D eigenvalue weighted by molar-refractivity contribution is 5.68. The highest BCUT2D eigenvalue weighted by Gasteiger charge is 2.28. The van der Waals surface area contributed by atoms with Crippen LogP contribution in [0.5, 0.6) is 5.75 Å². The van der Waals surface area contributed by atoms with Crippen molar-refractivity contribution in [3.63, 3.8) is 0 Å². The lowest BCUT2D eigenvalue weighted by Crippen LogP contribution is -2.47. The molecule has 1 aromatic carbocycles. The van der Waals surface area contributed by atoms with Crippen LogP contribution in [0.1, 0.15) is 32.8 Å². The molecule has 0 bridgehead atoms. The van der Waals surface area contributed by atoms with E-state index in [9.17, 15) is 13.6 Å². The Labute approximate surface area is 151 Å². The summed E-state index contributed by atoms with van der Waals surface area (Å²) in [5, 5.41) is 8.95. The van der Waals surface area contributed by atoms with E-state index in [0.29, 0.717) is 32.2 Å². The number of hydrogen-bond acceptors (Lipinski definition) is 5. The number of halogens is 2. The molecule has 0 saturated carbocycles. The number of ether oxygens (including phenoxy) is 3. The SMILES string of the molecule is CC(C)(C)OC(=O)N1CCO[C@@H](CCOc2cc(F)cc(F)c2C#N)C1. The van der Waals surface area contributed by atoms with Gasteiger partial charge in [0.2, 0.25) is 0 Å². The Kier molecular flexibility index (Phi) is 6.37. The molecule has 8 heteroatoms. The first-order chi connectivity index (χ1) is 12.2. The zero-order valence-corrected chi connectivity index (χ0v) is 15.1. The van der Waals surface area contributed by atoms with Crippen molar-refractivity contribution < 1.29 is 27.8 Å². The van der Waals surface area contributed by atoms with E-state index in [0.717, 1.165) is 6.07 Å². The lowest BCUT2D eigenvalue weighted by molar-refractivity contribution is -0.0477. The predicted molar refractivity (Wildman–Crippen MR) is 88.7 cm³/mol. The van der Waals surface area contributed by atoms with Crippen LogP contribution >= 0.6 is 0 Å². The molecule has 1 atom stereocenters. The van der Waals surface area contributed by atoms with Gasteiger partial charge in [-0.1, -0.05) is 0 Å². The first kappa shape index (κ1) is 19.9. The first-order valence-electron chi connectivity index (χ1n) is 8.31. The fourth-order valence-electron chi connectivity index (χ4n) is 2.46. The lowest BCUT2D eigenvalue weighted by Gasteiger charge is -2.34. The molecule has 0 spiro atoms. The van der Waals surface area contributed by atoms with Crippen molar-refractivity contribution in [2.24, 2.45) is 0 Å². The number of amides is 1. The zero-order valence-electron chi connectivity index (χ0n) is 15.1. The summed E-state index contributed by atoms with van der Waals surface area (Å²) in [6.07, 6.45) is -0.312. The zero-order chi connectivity index (χ0) is 19.3. The van der Waals surface area contributed by atoms with Crippen molar-refractivity contribution in [3.05, 3.63) is 29.3 Å². The number of rotatable bonds is 4. The summed E-state index contributed by atoms with van der Waals surface area (Å²) < 4.78 is 43.1. The number of nitrogens with zero attached hydrogens (tertiary/aromatic N) is 2. The molecule has 2 rings (SSSR count). The van der Waals surface area contributed by atoms with Crippen LogP contribution in [-0.2, 0) is 9.47 Å². The Morgan fingerprint density at radius 1 is 1.42 bits per heavy atom. The van der Waals surface area contributed by atoms with Gasteiger partial charge in [0.05, 0.1) is 25.9 Å². The molecule has 0 aliphatic carbocycles. The highest BCUT2D eigenvalue weighted by Crippen LogP contribution is 2.23. The third-order valence-corrected chi connectivity index (χ3v) is 3.62. The van der Waals surface area contributed by atoms with Crippen LogP contribution in [0.3, 0.4) is 0 Å². The smallest absolute Gasteiger partial charge is 0.410 e. The Morgan fingerprint density at radius 3 is 2.81 bits per heavy atom. The van der Waals surface area contributed by atoms with Gasteiger partial charge < -0.3 is 19.1 Å². The van der Waals surface area contributed by atoms with Gasteiger partial charge in [0.15, 0.2) is 0 Å². The maximum atomic E-state index is 13.5. The normalized spacial score (nSPS) is 17.5. The molecule has 0 N–H and O–H groups in total. The van der Waals surface area contributed by atoms with Crippen LogP contribution in [0.25, 0.3) is 0 Å². The topological polar surface area (TPSA) is 71.8 Å². The number of nitriles is 1. The molecule has 1 heterocycles. The molecule has 1 aromatic rings. The summed E-state index contributed by atoms with van der Waals surface area (Å²) in [6.45, 7) is 6.60. The number of carbonyl (C=O) groups is 1. The average molecular weight is 368 g/mol. The van der Waals surface area contributed by atoms with E-state index in [4.69, 9.17) is 19.5 Å². The minimum absolute atomic E-state index is 0.0877. The van der Waals surface area contributed by atoms with Gasteiger partial charge in [-0.05, 0) is 20.8 Å². The second-order valence-corrected chi connectivity index (χ2v) is 6.93. The molecule has 0 aromatic heterocycles. The predicted octanol–water partition coefficient (Wildman–Crippen LogP) is 3.24. The summed E-state index contributed by atoms with van der Waals surface area (Å²) in [5.41, 5.74) is -0.922. The van der Waals surface area contributed by atoms with Crippen LogP contribution in [0.2, 0.25) is 0 Å². The second-order valence-electron chi connectivity index (χ2n) is 6.93. The van der Waals surface area contributed by atoms with E-state index < -0.39 is 23.3 Å². The van der Waals surface area contributed by atoms with Gasteiger partial charge in [-0.2, -0.15) is 5.26 Å². The van der Waals surface area contributed by atoms with E-state index in [1.807, 2.05) is 0 Å². The minimum Gasteiger partial charge on any atom is -0.492 e. The van der Waals surface area contributed by atoms with E-state index in [1.165, 1.54) is 0 Å². The summed E-state index contributed by atoms with van der Waals surface area (Å²) >= 11 is 0. The molecular formula is C18H22F2N2O4. The molecule has 1 aliphatic rings. The van der Waals surface area contributed by atoms with E-state index in [1.54, 1.807) is 31.7 Å². The van der Waals surface area contributed by atoms with Crippen LogP contribution in [0, 0.1) is 23.0 Å². The monoisotopic (exact) mass is 368 g/mol. The van der Waals surface area contributed by atoms with Gasteiger partial charge in [0, 0.05) is 25.1 Å². The molecule has 0 unspecified atom stereocenters. The molecule has 1 amide bonds. The number of benzene rings is 1. The largest absolute Gasteiger partial charge is 0.492 e. The Balaban J connectivity index is 1.89. The fraction of sp³-hybridized carbons (Fsp3) is 0.556. The molecule has 1 aliphatic heterocycles. The van der Waals surface area contributed by atoms with Crippen LogP contribution in [0.15, 0.2) is 12.1 Å². The number of hydrogen-bond donors (Lipinski definition) is 0. The third kappa shape index (κ3) is 5.56. The average Bonchev–Trinajstić information content (AvgIpc) is 2.53. The van der Waals surface area contributed by atoms with E-state index >= 15 is 0 Å². The molecule has 1 saturated heterocycles. The molecule has 142 valence electrons. The summed E-state index contributed by atoms with van der Waals surface area (Å²) in [5.74, 6) is -1.93. The molecular weight excluding hydrogens is 346 g/mol. The third-order valence-electron chi connectivity index (χ3n) is 3.62.